The van der Waals surface area contributed by atoms with Crippen molar-refractivity contribution in [2.24, 2.45) is 0 Å². The summed E-state index contributed by atoms with van der Waals surface area (Å²) in [6.07, 6.45) is 1.65. The van der Waals surface area contributed by atoms with Crippen LogP contribution in [-0.4, -0.2) is 53.7 Å². The fourth-order valence-corrected chi connectivity index (χ4v) is 3.44. The number of benzene rings is 1. The van der Waals surface area contributed by atoms with E-state index in [1.165, 1.54) is 11.8 Å². The van der Waals surface area contributed by atoms with E-state index in [1.807, 2.05) is 6.07 Å². The minimum absolute atomic E-state index is 0.110. The number of methoxy groups -OCH3 is 1. The highest BCUT2D eigenvalue weighted by molar-refractivity contribution is 8.18. The SMILES string of the molecule is COc1ccc(/C=C2\SC(=O)N(CCNC(=O)CSCC#N)C2=O)cc1. The minimum atomic E-state index is -0.371. The standard InChI is InChI=1S/C17H17N3O4S2/c1-24-13-4-2-12(3-5-13)10-14-16(22)20(17(23)26-14)8-7-19-15(21)11-25-9-6-18/h2-5,10H,7-9,11H2,1H3,(H,19,21)/b14-10-. The summed E-state index contributed by atoms with van der Waals surface area (Å²) in [5, 5.41) is 10.7. The number of nitrogens with one attached hydrogen (secondary N) is 1. The molecule has 0 aromatic heterocycles. The van der Waals surface area contributed by atoms with Gasteiger partial charge in [0.25, 0.3) is 11.1 Å². The number of carbonyl (C=O) groups excluding carboxylic acids is 3. The van der Waals surface area contributed by atoms with Gasteiger partial charge in [0.1, 0.15) is 5.75 Å². The first kappa shape index (κ1) is 19.9. The van der Waals surface area contributed by atoms with E-state index in [9.17, 15) is 14.4 Å². The Morgan fingerprint density at radius 2 is 2.12 bits per heavy atom. The summed E-state index contributed by atoms with van der Waals surface area (Å²) in [7, 11) is 1.57. The lowest BCUT2D eigenvalue weighted by atomic mass is 10.2. The van der Waals surface area contributed by atoms with Crippen LogP contribution >= 0.6 is 23.5 Å². The normalized spacial score (nSPS) is 15.2. The zero-order valence-electron chi connectivity index (χ0n) is 14.1. The van der Waals surface area contributed by atoms with E-state index in [0.717, 1.165) is 22.2 Å². The molecule has 0 spiro atoms. The van der Waals surface area contributed by atoms with Gasteiger partial charge < -0.3 is 10.1 Å². The molecule has 1 fully saturated rings. The van der Waals surface area contributed by atoms with E-state index in [0.29, 0.717) is 10.7 Å². The van der Waals surface area contributed by atoms with Crippen molar-refractivity contribution in [1.29, 1.82) is 5.26 Å². The molecule has 0 bridgehead atoms. The molecule has 1 saturated heterocycles. The second-order valence-electron chi connectivity index (χ2n) is 5.11. The van der Waals surface area contributed by atoms with E-state index in [2.05, 4.69) is 5.32 Å². The third-order valence-electron chi connectivity index (χ3n) is 3.34. The molecule has 0 saturated carbocycles. The van der Waals surface area contributed by atoms with E-state index in [4.69, 9.17) is 10.00 Å². The summed E-state index contributed by atoms with van der Waals surface area (Å²) in [6, 6.07) is 9.08. The summed E-state index contributed by atoms with van der Waals surface area (Å²) in [4.78, 5) is 37.4. The summed E-state index contributed by atoms with van der Waals surface area (Å²) >= 11 is 2.08. The molecule has 9 heteroatoms. The number of carbonyl (C=O) groups is 3. The van der Waals surface area contributed by atoms with Crippen LogP contribution in [0.15, 0.2) is 29.2 Å². The highest BCUT2D eigenvalue weighted by Gasteiger charge is 2.34. The highest BCUT2D eigenvalue weighted by Crippen LogP contribution is 2.32. The molecule has 3 amide bonds. The maximum atomic E-state index is 12.4. The number of nitriles is 1. The van der Waals surface area contributed by atoms with Crippen molar-refractivity contribution in [2.45, 2.75) is 0 Å². The van der Waals surface area contributed by atoms with E-state index in [-0.39, 0.29) is 41.6 Å². The van der Waals surface area contributed by atoms with Crippen LogP contribution in [0.3, 0.4) is 0 Å². The lowest BCUT2D eigenvalue weighted by Crippen LogP contribution is -2.37. The third kappa shape index (κ3) is 5.54. The number of nitrogens with zero attached hydrogens (tertiary/aromatic N) is 2. The smallest absolute Gasteiger partial charge is 0.293 e. The average molecular weight is 391 g/mol. The molecule has 0 radical (unpaired) electrons. The van der Waals surface area contributed by atoms with Gasteiger partial charge in [-0.1, -0.05) is 12.1 Å². The van der Waals surface area contributed by atoms with Gasteiger partial charge in [0.2, 0.25) is 5.91 Å². The number of hydrogen-bond acceptors (Lipinski definition) is 7. The first-order valence-corrected chi connectivity index (χ1v) is 9.63. The van der Waals surface area contributed by atoms with Crippen LogP contribution in [-0.2, 0) is 9.59 Å². The van der Waals surface area contributed by atoms with Crippen LogP contribution in [0, 0.1) is 11.3 Å². The molecule has 1 aromatic carbocycles. The average Bonchev–Trinajstić information content (AvgIpc) is 2.90. The molecular formula is C17H17N3O4S2. The predicted octanol–water partition coefficient (Wildman–Crippen LogP) is 2.10. The first-order valence-electron chi connectivity index (χ1n) is 7.66. The number of rotatable bonds is 8. The van der Waals surface area contributed by atoms with Crippen molar-refractivity contribution in [2.75, 3.05) is 31.7 Å². The Balaban J connectivity index is 1.88. The monoisotopic (exact) mass is 391 g/mol. The minimum Gasteiger partial charge on any atom is -0.497 e. The Bertz CT molecular complexity index is 756. The molecule has 0 unspecified atom stereocenters. The van der Waals surface area contributed by atoms with Crippen LogP contribution in [0.5, 0.6) is 5.75 Å². The summed E-state index contributed by atoms with van der Waals surface area (Å²) in [5.74, 6) is 0.522. The van der Waals surface area contributed by atoms with Gasteiger partial charge in [-0.3, -0.25) is 19.3 Å². The number of ether oxygens (including phenoxy) is 1. The van der Waals surface area contributed by atoms with E-state index >= 15 is 0 Å². The van der Waals surface area contributed by atoms with Crippen molar-refractivity contribution in [3.63, 3.8) is 0 Å². The Labute approximate surface area is 159 Å². The lowest BCUT2D eigenvalue weighted by Gasteiger charge is -2.12. The highest BCUT2D eigenvalue weighted by atomic mass is 32.2. The number of hydrogen-bond donors (Lipinski definition) is 1. The zero-order valence-corrected chi connectivity index (χ0v) is 15.7. The largest absolute Gasteiger partial charge is 0.497 e. The summed E-state index contributed by atoms with van der Waals surface area (Å²) in [5.41, 5.74) is 0.791. The van der Waals surface area contributed by atoms with Crippen molar-refractivity contribution >= 4 is 46.7 Å². The molecule has 2 rings (SSSR count). The first-order chi connectivity index (χ1) is 12.5. The second kappa shape index (κ2) is 9.89. The van der Waals surface area contributed by atoms with E-state index < -0.39 is 0 Å². The Kier molecular flexibility index (Phi) is 7.56. The molecule has 1 aromatic rings. The molecule has 136 valence electrons. The topological polar surface area (TPSA) is 99.5 Å². The summed E-state index contributed by atoms with van der Waals surface area (Å²) < 4.78 is 5.08. The van der Waals surface area contributed by atoms with Crippen molar-refractivity contribution in [1.82, 2.24) is 10.2 Å². The molecule has 1 aliphatic rings. The fourth-order valence-electron chi connectivity index (χ4n) is 2.09. The number of thioether (sulfide) groups is 2. The van der Waals surface area contributed by atoms with Gasteiger partial charge in [0.05, 0.1) is 29.6 Å². The van der Waals surface area contributed by atoms with Gasteiger partial charge in [-0.05, 0) is 35.5 Å². The van der Waals surface area contributed by atoms with Gasteiger partial charge in [-0.25, -0.2) is 0 Å². The second-order valence-corrected chi connectivity index (χ2v) is 7.09. The van der Waals surface area contributed by atoms with Crippen LogP contribution in [0.2, 0.25) is 0 Å². The van der Waals surface area contributed by atoms with Crippen molar-refractivity contribution in [3.8, 4) is 11.8 Å². The maximum Gasteiger partial charge on any atom is 0.293 e. The maximum absolute atomic E-state index is 12.4. The Hall–Kier alpha value is -2.44. The predicted molar refractivity (Wildman–Crippen MR) is 102 cm³/mol. The van der Waals surface area contributed by atoms with Crippen LogP contribution in [0.4, 0.5) is 4.79 Å². The lowest BCUT2D eigenvalue weighted by molar-refractivity contribution is -0.123. The van der Waals surface area contributed by atoms with Gasteiger partial charge in [-0.15, -0.1) is 11.8 Å². The quantitative estimate of drug-likeness (QED) is 0.535. The molecule has 0 atom stereocenters. The Morgan fingerprint density at radius 3 is 2.77 bits per heavy atom. The number of amides is 3. The van der Waals surface area contributed by atoms with Gasteiger partial charge >= 0.3 is 0 Å². The molecule has 0 aliphatic carbocycles. The van der Waals surface area contributed by atoms with Gasteiger partial charge in [0, 0.05) is 13.1 Å². The molecular weight excluding hydrogens is 374 g/mol. The third-order valence-corrected chi connectivity index (χ3v) is 5.05. The van der Waals surface area contributed by atoms with Crippen LogP contribution < -0.4 is 10.1 Å². The van der Waals surface area contributed by atoms with Crippen molar-refractivity contribution in [3.05, 3.63) is 34.7 Å². The Morgan fingerprint density at radius 1 is 1.38 bits per heavy atom. The molecule has 7 nitrogen and oxygen atoms in total. The van der Waals surface area contributed by atoms with Gasteiger partial charge in [-0.2, -0.15) is 5.26 Å². The van der Waals surface area contributed by atoms with Crippen molar-refractivity contribution < 1.29 is 19.1 Å². The summed E-state index contributed by atoms with van der Waals surface area (Å²) in [6.45, 7) is 0.291. The van der Waals surface area contributed by atoms with Crippen LogP contribution in [0.1, 0.15) is 5.56 Å². The van der Waals surface area contributed by atoms with E-state index in [1.54, 1.807) is 37.5 Å². The molecule has 1 N–H and O–H groups in total. The fraction of sp³-hybridized carbons (Fsp3) is 0.294. The molecule has 26 heavy (non-hydrogen) atoms. The molecule has 1 heterocycles. The van der Waals surface area contributed by atoms with Crippen LogP contribution in [0.25, 0.3) is 6.08 Å². The number of imide groups is 1. The van der Waals surface area contributed by atoms with Gasteiger partial charge in [0.15, 0.2) is 0 Å². The molecule has 1 aliphatic heterocycles. The zero-order chi connectivity index (χ0) is 18.9.